The Morgan fingerprint density at radius 2 is 2.12 bits per heavy atom. The lowest BCUT2D eigenvalue weighted by Gasteiger charge is -2.25. The molecule has 1 aliphatic rings. The fourth-order valence-electron chi connectivity index (χ4n) is 1.45. The Hall–Kier alpha value is -0.610. The number of hydrogen-bond donors (Lipinski definition) is 3. The molecule has 0 aromatic heterocycles. The molecule has 1 unspecified atom stereocenters. The molecule has 0 heterocycles. The molecule has 0 spiro atoms. The summed E-state index contributed by atoms with van der Waals surface area (Å²) in [6.07, 6.45) is 3.06. The third-order valence-corrected chi connectivity index (χ3v) is 3.34. The molecule has 0 radical (unpaired) electrons. The number of rotatable bonds is 8. The fourth-order valence-corrected chi connectivity index (χ4v) is 1.45. The molecule has 0 aliphatic heterocycles. The van der Waals surface area contributed by atoms with Crippen molar-refractivity contribution in [3.8, 4) is 0 Å². The van der Waals surface area contributed by atoms with E-state index in [0.29, 0.717) is 12.5 Å². The highest BCUT2D eigenvalue weighted by molar-refractivity contribution is 5.80. The van der Waals surface area contributed by atoms with E-state index in [1.165, 1.54) is 0 Å². The van der Waals surface area contributed by atoms with Gasteiger partial charge in [-0.3, -0.25) is 4.79 Å². The number of carbonyl (C=O) groups is 1. The highest BCUT2D eigenvalue weighted by Crippen LogP contribution is 2.28. The van der Waals surface area contributed by atoms with Crippen LogP contribution < -0.4 is 10.6 Å². The normalized spacial score (nSPS) is 19.2. The van der Waals surface area contributed by atoms with Gasteiger partial charge in [-0.15, -0.1) is 0 Å². The molecule has 1 rings (SSSR count). The van der Waals surface area contributed by atoms with Gasteiger partial charge in [0.05, 0.1) is 0 Å². The van der Waals surface area contributed by atoms with Crippen molar-refractivity contribution in [2.24, 2.45) is 11.3 Å². The number of amides is 1. The maximum absolute atomic E-state index is 11.3. The van der Waals surface area contributed by atoms with Gasteiger partial charge in [0, 0.05) is 37.6 Å². The minimum absolute atomic E-state index is 0.0412. The van der Waals surface area contributed by atoms with E-state index >= 15 is 0 Å². The van der Waals surface area contributed by atoms with Gasteiger partial charge in [0.2, 0.25) is 5.91 Å². The second kappa shape index (κ2) is 6.21. The summed E-state index contributed by atoms with van der Waals surface area (Å²) >= 11 is 0. The lowest BCUT2D eigenvalue weighted by Crippen LogP contribution is -2.39. The van der Waals surface area contributed by atoms with Crippen LogP contribution >= 0.6 is 0 Å². The van der Waals surface area contributed by atoms with Crippen LogP contribution in [0.25, 0.3) is 0 Å². The van der Waals surface area contributed by atoms with Crippen LogP contribution in [0.1, 0.15) is 33.1 Å². The Labute approximate surface area is 97.8 Å². The first-order valence-electron chi connectivity index (χ1n) is 6.20. The Balaban J connectivity index is 2.00. The average Bonchev–Trinajstić information content (AvgIpc) is 3.12. The first kappa shape index (κ1) is 13.5. The van der Waals surface area contributed by atoms with Gasteiger partial charge in [-0.1, -0.05) is 13.8 Å². The molecule has 0 saturated heterocycles. The number of nitrogens with one attached hydrogen (secondary N) is 2. The minimum Gasteiger partial charge on any atom is -0.396 e. The highest BCUT2D eigenvalue weighted by atomic mass is 16.3. The van der Waals surface area contributed by atoms with Gasteiger partial charge >= 0.3 is 0 Å². The molecular weight excluding hydrogens is 204 g/mol. The molecule has 1 atom stereocenters. The topological polar surface area (TPSA) is 61.4 Å². The van der Waals surface area contributed by atoms with Crippen LogP contribution in [-0.4, -0.2) is 37.3 Å². The van der Waals surface area contributed by atoms with Crippen LogP contribution in [0, 0.1) is 11.3 Å². The van der Waals surface area contributed by atoms with Crippen LogP contribution in [0.3, 0.4) is 0 Å². The number of hydrogen-bond acceptors (Lipinski definition) is 3. The molecule has 94 valence electrons. The van der Waals surface area contributed by atoms with E-state index in [9.17, 15) is 9.90 Å². The highest BCUT2D eigenvalue weighted by Gasteiger charge is 2.29. The van der Waals surface area contributed by atoms with E-state index in [1.54, 1.807) is 0 Å². The molecule has 0 bridgehead atoms. The standard InChI is InChI=1S/C12H24N2O2/c1-3-12(2,9-15)8-13-6-7-14-11(16)10-4-5-10/h10,13,15H,3-9H2,1-2H3,(H,14,16). The Bertz CT molecular complexity index is 223. The number of carbonyl (C=O) groups excluding carboxylic acids is 1. The zero-order valence-corrected chi connectivity index (χ0v) is 10.4. The summed E-state index contributed by atoms with van der Waals surface area (Å²) < 4.78 is 0. The molecule has 1 fully saturated rings. The summed E-state index contributed by atoms with van der Waals surface area (Å²) in [4.78, 5) is 11.3. The lowest BCUT2D eigenvalue weighted by atomic mass is 9.89. The zero-order valence-electron chi connectivity index (χ0n) is 10.4. The van der Waals surface area contributed by atoms with Crippen molar-refractivity contribution in [2.45, 2.75) is 33.1 Å². The van der Waals surface area contributed by atoms with Crippen molar-refractivity contribution in [1.29, 1.82) is 0 Å². The van der Waals surface area contributed by atoms with Gasteiger partial charge < -0.3 is 15.7 Å². The van der Waals surface area contributed by atoms with E-state index < -0.39 is 0 Å². The van der Waals surface area contributed by atoms with Crippen LogP contribution in [-0.2, 0) is 4.79 Å². The molecule has 3 N–H and O–H groups in total. The van der Waals surface area contributed by atoms with Gasteiger partial charge in [-0.25, -0.2) is 0 Å². The monoisotopic (exact) mass is 228 g/mol. The van der Waals surface area contributed by atoms with E-state index in [1.807, 2.05) is 0 Å². The van der Waals surface area contributed by atoms with Gasteiger partial charge in [0.15, 0.2) is 0 Å². The number of aliphatic hydroxyl groups is 1. The lowest BCUT2D eigenvalue weighted by molar-refractivity contribution is -0.122. The molecule has 16 heavy (non-hydrogen) atoms. The van der Waals surface area contributed by atoms with Crippen molar-refractivity contribution >= 4 is 5.91 Å². The van der Waals surface area contributed by atoms with Crippen molar-refractivity contribution in [1.82, 2.24) is 10.6 Å². The molecule has 0 aromatic carbocycles. The summed E-state index contributed by atoms with van der Waals surface area (Å²) in [5.74, 6) is 0.487. The van der Waals surface area contributed by atoms with E-state index in [-0.39, 0.29) is 17.9 Å². The summed E-state index contributed by atoms with van der Waals surface area (Å²) in [6.45, 7) is 6.58. The van der Waals surface area contributed by atoms with Crippen LogP contribution in [0.15, 0.2) is 0 Å². The summed E-state index contributed by atoms with van der Waals surface area (Å²) in [7, 11) is 0. The first-order chi connectivity index (χ1) is 7.61. The molecule has 0 aromatic rings. The molecular formula is C12H24N2O2. The largest absolute Gasteiger partial charge is 0.396 e. The van der Waals surface area contributed by atoms with E-state index in [4.69, 9.17) is 0 Å². The first-order valence-corrected chi connectivity index (χ1v) is 6.20. The van der Waals surface area contributed by atoms with Crippen molar-refractivity contribution < 1.29 is 9.90 Å². The molecule has 1 saturated carbocycles. The third-order valence-electron chi connectivity index (χ3n) is 3.34. The second-order valence-electron chi connectivity index (χ2n) is 5.06. The SMILES string of the molecule is CCC(C)(CO)CNCCNC(=O)C1CC1. The van der Waals surface area contributed by atoms with Crippen LogP contribution in [0.4, 0.5) is 0 Å². The second-order valence-corrected chi connectivity index (χ2v) is 5.06. The fraction of sp³-hybridized carbons (Fsp3) is 0.917. The van der Waals surface area contributed by atoms with E-state index in [0.717, 1.165) is 32.4 Å². The maximum Gasteiger partial charge on any atom is 0.223 e. The van der Waals surface area contributed by atoms with Gasteiger partial charge in [-0.2, -0.15) is 0 Å². The predicted octanol–water partition coefficient (Wildman–Crippen LogP) is 0.511. The number of aliphatic hydroxyl groups excluding tert-OH is 1. The summed E-state index contributed by atoms with van der Waals surface area (Å²) in [5.41, 5.74) is -0.0412. The van der Waals surface area contributed by atoms with Crippen molar-refractivity contribution in [3.63, 3.8) is 0 Å². The average molecular weight is 228 g/mol. The van der Waals surface area contributed by atoms with Gasteiger partial charge in [0.1, 0.15) is 0 Å². The smallest absolute Gasteiger partial charge is 0.223 e. The van der Waals surface area contributed by atoms with Crippen molar-refractivity contribution in [2.75, 3.05) is 26.2 Å². The van der Waals surface area contributed by atoms with Gasteiger partial charge in [0.25, 0.3) is 0 Å². The zero-order chi connectivity index (χ0) is 12.0. The Morgan fingerprint density at radius 1 is 1.44 bits per heavy atom. The maximum atomic E-state index is 11.3. The molecule has 1 amide bonds. The third kappa shape index (κ3) is 4.49. The summed E-state index contributed by atoms with van der Waals surface area (Å²) in [6, 6.07) is 0. The van der Waals surface area contributed by atoms with E-state index in [2.05, 4.69) is 24.5 Å². The molecule has 4 heteroatoms. The predicted molar refractivity (Wildman–Crippen MR) is 64.1 cm³/mol. The minimum atomic E-state index is -0.0412. The summed E-state index contributed by atoms with van der Waals surface area (Å²) in [5, 5.41) is 15.4. The van der Waals surface area contributed by atoms with Gasteiger partial charge in [-0.05, 0) is 19.3 Å². The quantitative estimate of drug-likeness (QED) is 0.531. The van der Waals surface area contributed by atoms with Crippen molar-refractivity contribution in [3.05, 3.63) is 0 Å². The molecule has 1 aliphatic carbocycles. The van der Waals surface area contributed by atoms with Crippen LogP contribution in [0.5, 0.6) is 0 Å². The van der Waals surface area contributed by atoms with Crippen LogP contribution in [0.2, 0.25) is 0 Å². The molecule has 4 nitrogen and oxygen atoms in total. The Kier molecular flexibility index (Phi) is 5.22. The Morgan fingerprint density at radius 3 is 2.62 bits per heavy atom.